The summed E-state index contributed by atoms with van der Waals surface area (Å²) in [6, 6.07) is 8.01. The van der Waals surface area contributed by atoms with E-state index in [0.717, 1.165) is 46.0 Å². The number of hydrogen-bond acceptors (Lipinski definition) is 5. The third-order valence-electron chi connectivity index (χ3n) is 5.32. The highest BCUT2D eigenvalue weighted by Crippen LogP contribution is 2.32. The second-order valence-electron chi connectivity index (χ2n) is 7.85. The fraction of sp³-hybridized carbons (Fsp3) is 0.450. The van der Waals surface area contributed by atoms with Crippen LogP contribution in [0.1, 0.15) is 32.3 Å². The molecule has 1 fully saturated rings. The number of piperidine rings is 1. The topological polar surface area (TPSA) is 56.1 Å². The van der Waals surface area contributed by atoms with Gasteiger partial charge in [0.05, 0.1) is 19.9 Å². The molecule has 0 aliphatic carbocycles. The molecular formula is C20H24BrN5O. The number of fused-ring (bicyclic) bond motifs is 1. The molecule has 0 atom stereocenters. The molecule has 0 saturated carbocycles. The maximum Gasteiger partial charge on any atom is 0.180 e. The zero-order valence-corrected chi connectivity index (χ0v) is 17.5. The summed E-state index contributed by atoms with van der Waals surface area (Å²) < 4.78 is 7.87. The summed E-state index contributed by atoms with van der Waals surface area (Å²) >= 11 is 3.52. The van der Waals surface area contributed by atoms with Crippen molar-refractivity contribution in [1.29, 1.82) is 0 Å². The van der Waals surface area contributed by atoms with E-state index in [1.165, 1.54) is 12.8 Å². The molecule has 3 heterocycles. The molecule has 6 nitrogen and oxygen atoms in total. The van der Waals surface area contributed by atoms with Gasteiger partial charge in [0.25, 0.3) is 0 Å². The van der Waals surface area contributed by atoms with Gasteiger partial charge in [-0.2, -0.15) is 5.10 Å². The third kappa shape index (κ3) is 3.78. The van der Waals surface area contributed by atoms with Gasteiger partial charge in [0.15, 0.2) is 10.3 Å². The lowest BCUT2D eigenvalue weighted by Crippen LogP contribution is -2.37. The van der Waals surface area contributed by atoms with Crippen LogP contribution in [0.25, 0.3) is 11.2 Å². The van der Waals surface area contributed by atoms with Gasteiger partial charge in [-0.15, -0.1) is 0 Å². The van der Waals surface area contributed by atoms with Gasteiger partial charge in [0.2, 0.25) is 0 Å². The lowest BCUT2D eigenvalue weighted by molar-refractivity contribution is 0.279. The molecule has 3 aromatic rings. The van der Waals surface area contributed by atoms with E-state index in [4.69, 9.17) is 9.72 Å². The number of halogens is 1. The van der Waals surface area contributed by atoms with E-state index in [-0.39, 0.29) is 0 Å². The molecule has 1 aliphatic heterocycles. The number of nitrogens with zero attached hydrogens (tertiary/aromatic N) is 5. The standard InChI is InChI=1S/C20H24BrN5O/c1-20(2)8-10-25(11-9-20)16-12-22-17-18(21)24-26(19(17)23-16)13-14-4-6-15(27-3)7-5-14/h4-7,12H,8-11,13H2,1-3H3. The van der Waals surface area contributed by atoms with E-state index in [1.54, 1.807) is 7.11 Å². The van der Waals surface area contributed by atoms with E-state index in [9.17, 15) is 0 Å². The molecule has 7 heteroatoms. The number of benzene rings is 1. The second kappa shape index (κ2) is 7.11. The highest BCUT2D eigenvalue weighted by atomic mass is 79.9. The average molecular weight is 430 g/mol. The summed E-state index contributed by atoms with van der Waals surface area (Å²) in [5, 5.41) is 4.60. The third-order valence-corrected chi connectivity index (χ3v) is 5.86. The Kier molecular flexibility index (Phi) is 4.80. The minimum absolute atomic E-state index is 0.410. The van der Waals surface area contributed by atoms with Crippen LogP contribution in [0.5, 0.6) is 5.75 Å². The summed E-state index contributed by atoms with van der Waals surface area (Å²) in [4.78, 5) is 11.9. The Labute approximate surface area is 167 Å². The van der Waals surface area contributed by atoms with Crippen molar-refractivity contribution in [2.45, 2.75) is 33.2 Å². The van der Waals surface area contributed by atoms with Crippen LogP contribution >= 0.6 is 15.9 Å². The van der Waals surface area contributed by atoms with Gasteiger partial charge < -0.3 is 9.64 Å². The van der Waals surface area contributed by atoms with Crippen LogP contribution in [0.4, 0.5) is 5.82 Å². The molecule has 0 bridgehead atoms. The highest BCUT2D eigenvalue weighted by molar-refractivity contribution is 9.10. The van der Waals surface area contributed by atoms with Crippen LogP contribution in [0.3, 0.4) is 0 Å². The molecule has 4 rings (SSSR count). The molecule has 1 aliphatic rings. The van der Waals surface area contributed by atoms with Crippen molar-refractivity contribution < 1.29 is 4.74 Å². The fourth-order valence-electron chi connectivity index (χ4n) is 3.40. The zero-order chi connectivity index (χ0) is 19.0. The number of aromatic nitrogens is 4. The first kappa shape index (κ1) is 18.2. The molecular weight excluding hydrogens is 406 g/mol. The van der Waals surface area contributed by atoms with Crippen LogP contribution in [0, 0.1) is 5.41 Å². The van der Waals surface area contributed by atoms with Gasteiger partial charge in [-0.3, -0.25) is 0 Å². The Bertz CT molecular complexity index is 941. The lowest BCUT2D eigenvalue weighted by atomic mass is 9.83. The molecule has 0 spiro atoms. The van der Waals surface area contributed by atoms with Crippen LogP contribution in [0.15, 0.2) is 35.1 Å². The SMILES string of the molecule is COc1ccc(Cn2nc(Br)c3ncc(N4CCC(C)(C)CC4)nc32)cc1. The molecule has 27 heavy (non-hydrogen) atoms. The van der Waals surface area contributed by atoms with Gasteiger partial charge in [-0.05, 0) is 51.9 Å². The minimum atomic E-state index is 0.410. The number of hydrogen-bond donors (Lipinski definition) is 0. The summed E-state index contributed by atoms with van der Waals surface area (Å²) in [6.07, 6.45) is 4.20. The maximum atomic E-state index is 5.23. The first-order valence-corrected chi connectivity index (χ1v) is 10.0. The normalized spacial score (nSPS) is 16.7. The van der Waals surface area contributed by atoms with Crippen molar-refractivity contribution in [3.63, 3.8) is 0 Å². The Morgan fingerprint density at radius 1 is 1.15 bits per heavy atom. The number of ether oxygens (including phenoxy) is 1. The van der Waals surface area contributed by atoms with Crippen molar-refractivity contribution in [1.82, 2.24) is 19.7 Å². The molecule has 0 amide bonds. The van der Waals surface area contributed by atoms with Crippen molar-refractivity contribution in [3.8, 4) is 5.75 Å². The van der Waals surface area contributed by atoms with Crippen molar-refractivity contribution >= 4 is 32.9 Å². The molecule has 142 valence electrons. The molecule has 0 radical (unpaired) electrons. The summed E-state index contributed by atoms with van der Waals surface area (Å²) in [7, 11) is 1.67. The van der Waals surface area contributed by atoms with Crippen molar-refractivity contribution in [3.05, 3.63) is 40.6 Å². The Morgan fingerprint density at radius 3 is 2.52 bits per heavy atom. The van der Waals surface area contributed by atoms with Crippen molar-refractivity contribution in [2.24, 2.45) is 5.41 Å². The average Bonchev–Trinajstić information content (AvgIpc) is 2.97. The van der Waals surface area contributed by atoms with Gasteiger partial charge in [0.1, 0.15) is 17.1 Å². The molecule has 2 aromatic heterocycles. The van der Waals surface area contributed by atoms with E-state index in [0.29, 0.717) is 12.0 Å². The molecule has 0 unspecified atom stereocenters. The quantitative estimate of drug-likeness (QED) is 0.619. The van der Waals surface area contributed by atoms with E-state index in [1.807, 2.05) is 35.1 Å². The predicted octanol–water partition coefficient (Wildman–Crippen LogP) is 4.27. The maximum absolute atomic E-state index is 5.23. The number of anilines is 1. The minimum Gasteiger partial charge on any atom is -0.497 e. The molecule has 0 N–H and O–H groups in total. The highest BCUT2D eigenvalue weighted by Gasteiger charge is 2.26. The monoisotopic (exact) mass is 429 g/mol. The largest absolute Gasteiger partial charge is 0.497 e. The molecule has 1 aromatic carbocycles. The predicted molar refractivity (Wildman–Crippen MR) is 110 cm³/mol. The Balaban J connectivity index is 1.63. The van der Waals surface area contributed by atoms with Gasteiger partial charge in [0, 0.05) is 13.1 Å². The zero-order valence-electron chi connectivity index (χ0n) is 15.9. The second-order valence-corrected chi connectivity index (χ2v) is 8.60. The van der Waals surface area contributed by atoms with Crippen LogP contribution in [-0.2, 0) is 6.54 Å². The first-order chi connectivity index (χ1) is 12.9. The Hall–Kier alpha value is -2.15. The summed E-state index contributed by atoms with van der Waals surface area (Å²) in [5.41, 5.74) is 3.15. The van der Waals surface area contributed by atoms with Gasteiger partial charge in [-0.1, -0.05) is 26.0 Å². The van der Waals surface area contributed by atoms with E-state index >= 15 is 0 Å². The van der Waals surface area contributed by atoms with Gasteiger partial charge >= 0.3 is 0 Å². The Morgan fingerprint density at radius 2 is 1.85 bits per heavy atom. The van der Waals surface area contributed by atoms with Crippen LogP contribution < -0.4 is 9.64 Å². The summed E-state index contributed by atoms with van der Waals surface area (Å²) in [5.74, 6) is 1.78. The number of methoxy groups -OCH3 is 1. The van der Waals surface area contributed by atoms with Gasteiger partial charge in [-0.25, -0.2) is 14.6 Å². The fourth-order valence-corrected chi connectivity index (χ4v) is 3.88. The first-order valence-electron chi connectivity index (χ1n) is 9.22. The van der Waals surface area contributed by atoms with Crippen molar-refractivity contribution in [2.75, 3.05) is 25.1 Å². The lowest BCUT2D eigenvalue weighted by Gasteiger charge is -2.37. The molecule has 1 saturated heterocycles. The van der Waals surface area contributed by atoms with Crippen LogP contribution in [0.2, 0.25) is 0 Å². The summed E-state index contributed by atoms with van der Waals surface area (Å²) in [6.45, 7) is 7.33. The van der Waals surface area contributed by atoms with Crippen LogP contribution in [-0.4, -0.2) is 39.9 Å². The number of rotatable bonds is 4. The smallest absolute Gasteiger partial charge is 0.180 e. The van der Waals surface area contributed by atoms with E-state index < -0.39 is 0 Å². The van der Waals surface area contributed by atoms with E-state index in [2.05, 4.69) is 44.8 Å².